The first-order valence-electron chi connectivity index (χ1n) is 5.04. The molecule has 0 bridgehead atoms. The van der Waals surface area contributed by atoms with Crippen LogP contribution in [0.5, 0.6) is 0 Å². The first kappa shape index (κ1) is 13.0. The lowest BCUT2D eigenvalue weighted by molar-refractivity contribution is -0.137. The minimum Gasteiger partial charge on any atom is -0.320 e. The topological polar surface area (TPSA) is 26.0 Å². The van der Waals surface area contributed by atoms with E-state index in [1.165, 1.54) is 11.3 Å². The number of alkyl halides is 3. The second-order valence-corrected chi connectivity index (χ2v) is 4.55. The summed E-state index contributed by atoms with van der Waals surface area (Å²) in [7, 11) is 0. The molecule has 1 atom stereocenters. The third-order valence-corrected chi connectivity index (χ3v) is 3.26. The molecule has 2 N–H and O–H groups in total. The number of rotatable bonds is 2. The number of nitrogens with two attached hydrogens (primary N) is 1. The zero-order valence-corrected chi connectivity index (χ0v) is 9.86. The summed E-state index contributed by atoms with van der Waals surface area (Å²) < 4.78 is 51.2. The van der Waals surface area contributed by atoms with Crippen LogP contribution in [0.1, 0.15) is 22.7 Å². The summed E-state index contributed by atoms with van der Waals surface area (Å²) in [6.45, 7) is 0. The number of benzene rings is 1. The second-order valence-electron chi connectivity index (χ2n) is 3.77. The molecule has 0 amide bonds. The van der Waals surface area contributed by atoms with Crippen molar-refractivity contribution in [1.29, 1.82) is 0 Å². The molecule has 0 radical (unpaired) electrons. The monoisotopic (exact) mass is 275 g/mol. The Bertz CT molecular complexity index is 534. The maximum atomic E-state index is 13.6. The molecule has 18 heavy (non-hydrogen) atoms. The van der Waals surface area contributed by atoms with Gasteiger partial charge in [0.25, 0.3) is 0 Å². The molecule has 0 aliphatic carbocycles. The summed E-state index contributed by atoms with van der Waals surface area (Å²) in [6, 6.07) is 3.04. The van der Waals surface area contributed by atoms with E-state index in [0.29, 0.717) is 11.6 Å². The molecule has 0 spiro atoms. The van der Waals surface area contributed by atoms with Crippen LogP contribution in [0, 0.1) is 5.82 Å². The van der Waals surface area contributed by atoms with Crippen molar-refractivity contribution in [2.24, 2.45) is 5.73 Å². The van der Waals surface area contributed by atoms with Crippen LogP contribution in [-0.2, 0) is 6.18 Å². The van der Waals surface area contributed by atoms with E-state index in [4.69, 9.17) is 5.73 Å². The molecule has 2 aromatic rings. The van der Waals surface area contributed by atoms with Crippen molar-refractivity contribution >= 4 is 11.3 Å². The highest BCUT2D eigenvalue weighted by Gasteiger charge is 2.31. The van der Waals surface area contributed by atoms with Gasteiger partial charge in [0, 0.05) is 5.56 Å². The molecule has 0 aliphatic heterocycles. The van der Waals surface area contributed by atoms with Crippen molar-refractivity contribution in [2.75, 3.05) is 0 Å². The van der Waals surface area contributed by atoms with Gasteiger partial charge < -0.3 is 5.73 Å². The molecule has 1 unspecified atom stereocenters. The Morgan fingerprint density at radius 2 is 1.89 bits per heavy atom. The molecule has 1 nitrogen and oxygen atoms in total. The predicted octanol–water partition coefficient (Wildman–Crippen LogP) is 3.95. The number of hydrogen-bond acceptors (Lipinski definition) is 2. The first-order valence-corrected chi connectivity index (χ1v) is 5.98. The van der Waals surface area contributed by atoms with Crippen molar-refractivity contribution in [1.82, 2.24) is 0 Å². The van der Waals surface area contributed by atoms with Gasteiger partial charge in [-0.05, 0) is 40.6 Å². The average Bonchev–Trinajstić information content (AvgIpc) is 2.80. The van der Waals surface area contributed by atoms with E-state index in [1.54, 1.807) is 16.8 Å². The highest BCUT2D eigenvalue weighted by atomic mass is 32.1. The molecule has 1 aromatic carbocycles. The standard InChI is InChI=1S/C12H9F4NS/c13-10-2-1-8(12(14,15)16)5-9(10)11(17)7-3-4-18-6-7/h1-6,11H,17H2. The van der Waals surface area contributed by atoms with E-state index < -0.39 is 23.6 Å². The van der Waals surface area contributed by atoms with Crippen LogP contribution < -0.4 is 5.73 Å². The maximum Gasteiger partial charge on any atom is 0.416 e. The van der Waals surface area contributed by atoms with Crippen molar-refractivity contribution in [3.63, 3.8) is 0 Å². The molecule has 0 aliphatic rings. The van der Waals surface area contributed by atoms with Crippen molar-refractivity contribution < 1.29 is 17.6 Å². The van der Waals surface area contributed by atoms with Gasteiger partial charge in [-0.3, -0.25) is 0 Å². The fraction of sp³-hybridized carbons (Fsp3) is 0.167. The predicted molar refractivity (Wildman–Crippen MR) is 61.8 cm³/mol. The summed E-state index contributed by atoms with van der Waals surface area (Å²) in [5.41, 5.74) is 5.32. The van der Waals surface area contributed by atoms with Crippen LogP contribution in [-0.4, -0.2) is 0 Å². The normalized spacial score (nSPS) is 13.6. The van der Waals surface area contributed by atoms with Crippen molar-refractivity contribution in [2.45, 2.75) is 12.2 Å². The van der Waals surface area contributed by atoms with Gasteiger partial charge in [0.15, 0.2) is 0 Å². The van der Waals surface area contributed by atoms with Crippen LogP contribution in [0.2, 0.25) is 0 Å². The van der Waals surface area contributed by atoms with Gasteiger partial charge in [0.1, 0.15) is 5.82 Å². The van der Waals surface area contributed by atoms with E-state index in [9.17, 15) is 17.6 Å². The molecule has 96 valence electrons. The second kappa shape index (κ2) is 4.70. The smallest absolute Gasteiger partial charge is 0.320 e. The Labute approximate surface area is 105 Å². The average molecular weight is 275 g/mol. The summed E-state index contributed by atoms with van der Waals surface area (Å²) >= 11 is 1.35. The van der Waals surface area contributed by atoms with Crippen LogP contribution in [0.3, 0.4) is 0 Å². The van der Waals surface area contributed by atoms with Crippen LogP contribution in [0.25, 0.3) is 0 Å². The third-order valence-electron chi connectivity index (χ3n) is 2.56. The number of halogens is 4. The summed E-state index contributed by atoms with van der Waals surface area (Å²) in [5.74, 6) is -0.735. The van der Waals surface area contributed by atoms with E-state index in [1.807, 2.05) is 0 Å². The van der Waals surface area contributed by atoms with Gasteiger partial charge in [-0.1, -0.05) is 0 Å². The molecule has 0 saturated carbocycles. The molecule has 1 aromatic heterocycles. The fourth-order valence-corrected chi connectivity index (χ4v) is 2.29. The Kier molecular flexibility index (Phi) is 3.41. The van der Waals surface area contributed by atoms with Gasteiger partial charge in [-0.2, -0.15) is 24.5 Å². The Hall–Kier alpha value is -1.40. The zero-order valence-electron chi connectivity index (χ0n) is 9.04. The molecular weight excluding hydrogens is 266 g/mol. The Morgan fingerprint density at radius 1 is 1.17 bits per heavy atom. The lowest BCUT2D eigenvalue weighted by Crippen LogP contribution is -2.15. The van der Waals surface area contributed by atoms with Gasteiger partial charge in [0.2, 0.25) is 0 Å². The minimum atomic E-state index is -4.50. The van der Waals surface area contributed by atoms with Gasteiger partial charge >= 0.3 is 6.18 Å². The number of hydrogen-bond donors (Lipinski definition) is 1. The first-order chi connectivity index (χ1) is 8.39. The van der Waals surface area contributed by atoms with Crippen molar-refractivity contribution in [3.05, 3.63) is 57.5 Å². The molecular formula is C12H9F4NS. The third kappa shape index (κ3) is 2.54. The number of thiophene rings is 1. The molecule has 0 fully saturated rings. The van der Waals surface area contributed by atoms with E-state index >= 15 is 0 Å². The van der Waals surface area contributed by atoms with Crippen molar-refractivity contribution in [3.8, 4) is 0 Å². The minimum absolute atomic E-state index is 0.150. The van der Waals surface area contributed by atoms with Gasteiger partial charge in [0.05, 0.1) is 11.6 Å². The summed E-state index contributed by atoms with van der Waals surface area (Å²) in [6.07, 6.45) is -4.50. The maximum absolute atomic E-state index is 13.6. The highest BCUT2D eigenvalue weighted by Crippen LogP contribution is 2.33. The van der Waals surface area contributed by atoms with Gasteiger partial charge in [-0.25, -0.2) is 4.39 Å². The molecule has 6 heteroatoms. The lowest BCUT2D eigenvalue weighted by atomic mass is 9.99. The Morgan fingerprint density at radius 3 is 2.44 bits per heavy atom. The fourth-order valence-electron chi connectivity index (χ4n) is 1.59. The van der Waals surface area contributed by atoms with Crippen LogP contribution in [0.15, 0.2) is 35.0 Å². The van der Waals surface area contributed by atoms with Crippen LogP contribution >= 0.6 is 11.3 Å². The SMILES string of the molecule is NC(c1ccsc1)c1cc(C(F)(F)F)ccc1F. The van der Waals surface area contributed by atoms with E-state index in [-0.39, 0.29) is 5.56 Å². The lowest BCUT2D eigenvalue weighted by Gasteiger charge is -2.14. The van der Waals surface area contributed by atoms with E-state index in [2.05, 4.69) is 0 Å². The quantitative estimate of drug-likeness (QED) is 0.825. The van der Waals surface area contributed by atoms with Crippen LogP contribution in [0.4, 0.5) is 17.6 Å². The summed E-state index contributed by atoms with van der Waals surface area (Å²) in [5, 5.41) is 3.42. The summed E-state index contributed by atoms with van der Waals surface area (Å²) in [4.78, 5) is 0. The zero-order chi connectivity index (χ0) is 13.3. The molecule has 0 saturated heterocycles. The molecule has 2 rings (SSSR count). The Balaban J connectivity index is 2.44. The van der Waals surface area contributed by atoms with E-state index in [0.717, 1.165) is 12.1 Å². The largest absolute Gasteiger partial charge is 0.416 e. The van der Waals surface area contributed by atoms with Gasteiger partial charge in [-0.15, -0.1) is 0 Å². The highest BCUT2D eigenvalue weighted by molar-refractivity contribution is 7.08. The molecule has 1 heterocycles.